The first kappa shape index (κ1) is 21.3. The van der Waals surface area contributed by atoms with Crippen LogP contribution in [-0.2, 0) is 9.53 Å². The summed E-state index contributed by atoms with van der Waals surface area (Å²) in [6, 6.07) is 3.28. The summed E-state index contributed by atoms with van der Waals surface area (Å²) in [4.78, 5) is 28.7. The van der Waals surface area contributed by atoms with Crippen LogP contribution < -0.4 is 10.6 Å². The highest BCUT2D eigenvalue weighted by molar-refractivity contribution is 6.31. The summed E-state index contributed by atoms with van der Waals surface area (Å²) in [5.74, 6) is -0.104. The van der Waals surface area contributed by atoms with Crippen LogP contribution in [0.5, 0.6) is 0 Å². The van der Waals surface area contributed by atoms with Gasteiger partial charge in [-0.05, 0) is 12.1 Å². The number of hydrogen-bond acceptors (Lipinski definition) is 6. The lowest BCUT2D eigenvalue weighted by Crippen LogP contribution is -2.57. The Bertz CT molecular complexity index is 1100. The molecule has 0 aromatic carbocycles. The minimum absolute atomic E-state index is 0.197. The van der Waals surface area contributed by atoms with E-state index in [9.17, 15) is 18.0 Å². The molecule has 3 aromatic heterocycles. The van der Waals surface area contributed by atoms with Crippen molar-refractivity contribution in [2.45, 2.75) is 24.6 Å². The van der Waals surface area contributed by atoms with E-state index in [2.05, 4.69) is 25.3 Å². The molecule has 0 radical (unpaired) electrons. The van der Waals surface area contributed by atoms with Crippen LogP contribution in [0.3, 0.4) is 0 Å². The van der Waals surface area contributed by atoms with Crippen molar-refractivity contribution in [3.63, 3.8) is 0 Å². The van der Waals surface area contributed by atoms with Crippen molar-refractivity contribution in [2.24, 2.45) is 0 Å². The second-order valence-electron chi connectivity index (χ2n) is 7.13. The Balaban J connectivity index is 1.62. The maximum absolute atomic E-state index is 12.7. The molecule has 1 aliphatic heterocycles. The zero-order valence-electron chi connectivity index (χ0n) is 16.1. The van der Waals surface area contributed by atoms with E-state index in [1.165, 1.54) is 12.4 Å². The number of amides is 1. The average molecular weight is 455 g/mol. The van der Waals surface area contributed by atoms with Crippen LogP contribution in [0.2, 0.25) is 5.02 Å². The van der Waals surface area contributed by atoms with Crippen molar-refractivity contribution < 1.29 is 22.7 Å². The SMILES string of the molecule is O=C(NCC(F)(F)F)C1(Nc2ccnc(-c3c[nH]c4ncc(Cl)cc34)n2)CCOCC1. The average Bonchev–Trinajstić information content (AvgIpc) is 3.15. The lowest BCUT2D eigenvalue weighted by molar-refractivity contribution is -0.142. The number of anilines is 1. The highest BCUT2D eigenvalue weighted by Gasteiger charge is 2.42. The largest absolute Gasteiger partial charge is 0.405 e. The van der Waals surface area contributed by atoms with Crippen LogP contribution in [0.15, 0.2) is 30.7 Å². The van der Waals surface area contributed by atoms with Gasteiger partial charge < -0.3 is 20.4 Å². The number of carbonyl (C=O) groups is 1. The van der Waals surface area contributed by atoms with Gasteiger partial charge in [-0.2, -0.15) is 13.2 Å². The van der Waals surface area contributed by atoms with E-state index >= 15 is 0 Å². The number of rotatable bonds is 5. The van der Waals surface area contributed by atoms with Crippen molar-refractivity contribution in [3.8, 4) is 11.4 Å². The first-order chi connectivity index (χ1) is 14.8. The number of carbonyl (C=O) groups excluding carboxylic acids is 1. The maximum Gasteiger partial charge on any atom is 0.405 e. The van der Waals surface area contributed by atoms with E-state index in [4.69, 9.17) is 16.3 Å². The van der Waals surface area contributed by atoms with Crippen molar-refractivity contribution in [1.82, 2.24) is 25.3 Å². The van der Waals surface area contributed by atoms with Gasteiger partial charge in [-0.25, -0.2) is 15.0 Å². The molecular formula is C19H18ClF3N6O2. The zero-order chi connectivity index (χ0) is 22.1. The van der Waals surface area contributed by atoms with Crippen LogP contribution in [0.4, 0.5) is 19.0 Å². The second-order valence-corrected chi connectivity index (χ2v) is 7.57. The first-order valence-electron chi connectivity index (χ1n) is 9.43. The number of nitrogens with one attached hydrogen (secondary N) is 3. The minimum atomic E-state index is -4.51. The summed E-state index contributed by atoms with van der Waals surface area (Å²) < 4.78 is 43.1. The number of fused-ring (bicyclic) bond motifs is 1. The third-order valence-corrected chi connectivity index (χ3v) is 5.20. The lowest BCUT2D eigenvalue weighted by Gasteiger charge is -2.37. The molecule has 8 nitrogen and oxygen atoms in total. The Morgan fingerprint density at radius 2 is 2.06 bits per heavy atom. The Morgan fingerprint density at radius 3 is 2.81 bits per heavy atom. The Hall–Kier alpha value is -2.92. The molecule has 31 heavy (non-hydrogen) atoms. The van der Waals surface area contributed by atoms with E-state index in [0.29, 0.717) is 33.3 Å². The Labute approximate surface area is 179 Å². The summed E-state index contributed by atoms with van der Waals surface area (Å²) in [5.41, 5.74) is -0.0230. The van der Waals surface area contributed by atoms with Crippen molar-refractivity contribution in [2.75, 3.05) is 25.1 Å². The van der Waals surface area contributed by atoms with Gasteiger partial charge >= 0.3 is 6.18 Å². The highest BCUT2D eigenvalue weighted by atomic mass is 35.5. The fraction of sp³-hybridized carbons (Fsp3) is 0.368. The quantitative estimate of drug-likeness (QED) is 0.546. The van der Waals surface area contributed by atoms with Gasteiger partial charge in [0, 0.05) is 55.6 Å². The third-order valence-electron chi connectivity index (χ3n) is 4.99. The molecule has 3 aromatic rings. The number of aromatic amines is 1. The molecule has 0 aliphatic carbocycles. The van der Waals surface area contributed by atoms with Crippen molar-refractivity contribution >= 4 is 34.4 Å². The number of pyridine rings is 1. The number of aromatic nitrogens is 4. The molecular weight excluding hydrogens is 437 g/mol. The van der Waals surface area contributed by atoms with Crippen molar-refractivity contribution in [3.05, 3.63) is 35.7 Å². The van der Waals surface area contributed by atoms with E-state index < -0.39 is 24.2 Å². The minimum Gasteiger partial charge on any atom is -0.381 e. The van der Waals surface area contributed by atoms with E-state index in [-0.39, 0.29) is 26.1 Å². The van der Waals surface area contributed by atoms with Gasteiger partial charge in [-0.15, -0.1) is 0 Å². The molecule has 3 N–H and O–H groups in total. The van der Waals surface area contributed by atoms with Gasteiger partial charge in [-0.3, -0.25) is 4.79 Å². The van der Waals surface area contributed by atoms with Crippen LogP contribution in [0.25, 0.3) is 22.4 Å². The van der Waals surface area contributed by atoms with Crippen LogP contribution in [-0.4, -0.2) is 57.3 Å². The molecule has 0 atom stereocenters. The van der Waals surface area contributed by atoms with Gasteiger partial charge in [0.1, 0.15) is 23.5 Å². The summed E-state index contributed by atoms with van der Waals surface area (Å²) in [5, 5.41) is 6.17. The molecule has 0 unspecified atom stereocenters. The Kier molecular flexibility index (Phi) is 5.71. The van der Waals surface area contributed by atoms with Crippen LogP contribution in [0.1, 0.15) is 12.8 Å². The van der Waals surface area contributed by atoms with Crippen molar-refractivity contribution in [1.29, 1.82) is 0 Å². The summed E-state index contributed by atoms with van der Waals surface area (Å²) >= 11 is 6.04. The fourth-order valence-electron chi connectivity index (χ4n) is 3.44. The number of H-pyrrole nitrogens is 1. The molecule has 0 spiro atoms. The second kappa shape index (κ2) is 8.31. The van der Waals surface area contributed by atoms with Gasteiger partial charge in [0.2, 0.25) is 5.91 Å². The smallest absolute Gasteiger partial charge is 0.381 e. The molecule has 1 saturated heterocycles. The van der Waals surface area contributed by atoms with E-state index in [1.54, 1.807) is 18.3 Å². The first-order valence-corrected chi connectivity index (χ1v) is 9.81. The molecule has 0 bridgehead atoms. The molecule has 4 rings (SSSR count). The number of hydrogen-bond donors (Lipinski definition) is 3. The van der Waals surface area contributed by atoms with E-state index in [1.807, 2.05) is 5.32 Å². The van der Waals surface area contributed by atoms with Gasteiger partial charge in [-0.1, -0.05) is 11.6 Å². The highest BCUT2D eigenvalue weighted by Crippen LogP contribution is 2.30. The maximum atomic E-state index is 12.7. The predicted molar refractivity (Wildman–Crippen MR) is 108 cm³/mol. The molecule has 12 heteroatoms. The van der Waals surface area contributed by atoms with Crippen LogP contribution in [0, 0.1) is 0 Å². The third kappa shape index (κ3) is 4.72. The standard InChI is InChI=1S/C19H18ClF3N6O2/c20-11-7-12-13(9-26-15(12)25-8-11)16-24-4-1-14(28-16)29-18(2-5-31-6-3-18)17(30)27-10-19(21,22)23/h1,4,7-9H,2-3,5-6,10H2,(H,25,26)(H,27,30)(H,24,28,29). The molecule has 1 aliphatic rings. The summed E-state index contributed by atoms with van der Waals surface area (Å²) in [6.07, 6.45) is 0.590. The summed E-state index contributed by atoms with van der Waals surface area (Å²) in [6.45, 7) is -0.942. The van der Waals surface area contributed by atoms with Crippen LogP contribution >= 0.6 is 11.6 Å². The predicted octanol–water partition coefficient (Wildman–Crippen LogP) is 3.31. The zero-order valence-corrected chi connectivity index (χ0v) is 16.8. The van der Waals surface area contributed by atoms with E-state index in [0.717, 1.165) is 0 Å². The normalized spacial score (nSPS) is 16.3. The number of ether oxygens (including phenoxy) is 1. The molecule has 4 heterocycles. The molecule has 1 amide bonds. The van der Waals surface area contributed by atoms with Gasteiger partial charge in [0.25, 0.3) is 0 Å². The van der Waals surface area contributed by atoms with Gasteiger partial charge in [0.15, 0.2) is 5.82 Å². The number of halogens is 4. The summed E-state index contributed by atoms with van der Waals surface area (Å²) in [7, 11) is 0. The molecule has 1 fully saturated rings. The fourth-order valence-corrected chi connectivity index (χ4v) is 3.60. The lowest BCUT2D eigenvalue weighted by atomic mass is 9.88. The molecule has 0 saturated carbocycles. The number of alkyl halides is 3. The van der Waals surface area contributed by atoms with Gasteiger partial charge in [0.05, 0.1) is 5.02 Å². The Morgan fingerprint density at radius 1 is 1.29 bits per heavy atom. The topological polar surface area (TPSA) is 105 Å². The monoisotopic (exact) mass is 454 g/mol. The number of nitrogens with zero attached hydrogens (tertiary/aromatic N) is 3. The molecule has 164 valence electrons.